The van der Waals surface area contributed by atoms with Crippen LogP contribution in [0, 0.1) is 10.1 Å². The predicted molar refractivity (Wildman–Crippen MR) is 75.2 cm³/mol. The fraction of sp³-hybridized carbons (Fsp3) is 0.0714. The van der Waals surface area contributed by atoms with Crippen LogP contribution in [-0.4, -0.2) is 14.3 Å². The van der Waals surface area contributed by atoms with Gasteiger partial charge < -0.3 is 10.1 Å². The minimum Gasteiger partial charge on any atom is -0.325 e. The Morgan fingerprint density at radius 1 is 1.20 bits per heavy atom. The fourth-order valence-electron chi connectivity index (χ4n) is 2.21. The molecule has 0 spiro atoms. The van der Waals surface area contributed by atoms with Crippen LogP contribution in [0.3, 0.4) is 0 Å². The third-order valence-corrected chi connectivity index (χ3v) is 3.17. The van der Waals surface area contributed by atoms with E-state index in [2.05, 4.69) is 4.98 Å². The first-order valence-electron chi connectivity index (χ1n) is 6.11. The molecular weight excluding hydrogens is 256 g/mol. The van der Waals surface area contributed by atoms with Crippen LogP contribution in [0.4, 0.5) is 5.69 Å². The van der Waals surface area contributed by atoms with Gasteiger partial charge in [0.05, 0.1) is 16.3 Å². The van der Waals surface area contributed by atoms with E-state index < -0.39 is 4.92 Å². The van der Waals surface area contributed by atoms with Gasteiger partial charge in [-0.05, 0) is 24.3 Å². The summed E-state index contributed by atoms with van der Waals surface area (Å²) in [4.78, 5) is 14.8. The van der Waals surface area contributed by atoms with Gasteiger partial charge in [0, 0.05) is 30.4 Å². The number of hydrogen-bond acceptors (Lipinski definition) is 4. The summed E-state index contributed by atoms with van der Waals surface area (Å²) >= 11 is 0. The zero-order valence-electron chi connectivity index (χ0n) is 10.6. The number of nitro groups is 1. The Bertz CT molecular complexity index is 777. The molecule has 6 nitrogen and oxygen atoms in total. The van der Waals surface area contributed by atoms with Crippen molar-refractivity contribution in [2.75, 3.05) is 0 Å². The first-order chi connectivity index (χ1) is 9.70. The van der Waals surface area contributed by atoms with E-state index in [9.17, 15) is 10.1 Å². The highest BCUT2D eigenvalue weighted by atomic mass is 16.6. The zero-order chi connectivity index (χ0) is 14.1. The van der Waals surface area contributed by atoms with E-state index in [1.54, 1.807) is 12.1 Å². The SMILES string of the molecule is NCc1c(-c2ccc([N+](=O)[O-])cc2)nc2ccccn12. The largest absolute Gasteiger partial charge is 0.325 e. The van der Waals surface area contributed by atoms with E-state index in [0.29, 0.717) is 6.54 Å². The summed E-state index contributed by atoms with van der Waals surface area (Å²) in [5, 5.41) is 10.7. The van der Waals surface area contributed by atoms with Crippen molar-refractivity contribution in [1.29, 1.82) is 0 Å². The van der Waals surface area contributed by atoms with Gasteiger partial charge in [0.2, 0.25) is 0 Å². The van der Waals surface area contributed by atoms with Gasteiger partial charge in [0.1, 0.15) is 5.65 Å². The Balaban J connectivity index is 2.16. The van der Waals surface area contributed by atoms with E-state index in [-0.39, 0.29) is 5.69 Å². The summed E-state index contributed by atoms with van der Waals surface area (Å²) in [5.74, 6) is 0. The lowest BCUT2D eigenvalue weighted by Gasteiger charge is -2.02. The van der Waals surface area contributed by atoms with Gasteiger partial charge in [-0.15, -0.1) is 0 Å². The van der Waals surface area contributed by atoms with Gasteiger partial charge in [-0.3, -0.25) is 10.1 Å². The number of imidazole rings is 1. The number of pyridine rings is 1. The molecule has 6 heteroatoms. The van der Waals surface area contributed by atoms with Crippen LogP contribution in [0.25, 0.3) is 16.9 Å². The fourth-order valence-corrected chi connectivity index (χ4v) is 2.21. The molecule has 0 aliphatic carbocycles. The topological polar surface area (TPSA) is 86.5 Å². The standard InChI is InChI=1S/C14H12N4O2/c15-9-12-14(16-13-3-1-2-8-17(12)13)10-4-6-11(7-5-10)18(19)20/h1-8H,9,15H2. The van der Waals surface area contributed by atoms with Crippen molar-refractivity contribution >= 4 is 11.3 Å². The number of rotatable bonds is 3. The van der Waals surface area contributed by atoms with Crippen molar-refractivity contribution in [3.05, 3.63) is 64.5 Å². The summed E-state index contributed by atoms with van der Waals surface area (Å²) in [5.41, 5.74) is 9.14. The number of nitrogens with zero attached hydrogens (tertiary/aromatic N) is 3. The molecule has 2 heterocycles. The maximum Gasteiger partial charge on any atom is 0.269 e. The predicted octanol–water partition coefficient (Wildman–Crippen LogP) is 2.37. The first-order valence-corrected chi connectivity index (χ1v) is 6.11. The second-order valence-corrected chi connectivity index (χ2v) is 4.34. The highest BCUT2D eigenvalue weighted by Gasteiger charge is 2.13. The van der Waals surface area contributed by atoms with Crippen molar-refractivity contribution in [3.63, 3.8) is 0 Å². The number of aromatic nitrogens is 2. The maximum absolute atomic E-state index is 10.7. The quantitative estimate of drug-likeness (QED) is 0.583. The molecule has 20 heavy (non-hydrogen) atoms. The molecule has 0 aliphatic rings. The lowest BCUT2D eigenvalue weighted by atomic mass is 10.1. The molecule has 0 aliphatic heterocycles. The number of benzene rings is 1. The van der Waals surface area contributed by atoms with Gasteiger partial charge in [-0.25, -0.2) is 4.98 Å². The van der Waals surface area contributed by atoms with Crippen molar-refractivity contribution in [2.24, 2.45) is 5.73 Å². The Morgan fingerprint density at radius 3 is 2.60 bits per heavy atom. The molecule has 0 bridgehead atoms. The summed E-state index contributed by atoms with van der Waals surface area (Å²) in [6, 6.07) is 12.0. The molecule has 0 saturated carbocycles. The van der Waals surface area contributed by atoms with Crippen LogP contribution in [0.1, 0.15) is 5.69 Å². The number of fused-ring (bicyclic) bond motifs is 1. The summed E-state index contributed by atoms with van der Waals surface area (Å²) in [7, 11) is 0. The first kappa shape index (κ1) is 12.3. The maximum atomic E-state index is 10.7. The molecule has 0 amide bonds. The molecule has 3 aromatic rings. The molecule has 0 saturated heterocycles. The Morgan fingerprint density at radius 2 is 1.95 bits per heavy atom. The molecule has 100 valence electrons. The average Bonchev–Trinajstić information content (AvgIpc) is 2.85. The highest BCUT2D eigenvalue weighted by molar-refractivity contribution is 5.67. The third kappa shape index (κ3) is 1.92. The molecule has 3 rings (SSSR count). The van der Waals surface area contributed by atoms with E-state index in [1.807, 2.05) is 28.8 Å². The number of nitro benzene ring substituents is 1. The molecular formula is C14H12N4O2. The smallest absolute Gasteiger partial charge is 0.269 e. The average molecular weight is 268 g/mol. The lowest BCUT2D eigenvalue weighted by Crippen LogP contribution is -2.02. The van der Waals surface area contributed by atoms with Crippen LogP contribution in [0.5, 0.6) is 0 Å². The molecule has 0 unspecified atom stereocenters. The second kappa shape index (κ2) is 4.75. The highest BCUT2D eigenvalue weighted by Crippen LogP contribution is 2.26. The minimum absolute atomic E-state index is 0.0619. The Labute approximate surface area is 114 Å². The van der Waals surface area contributed by atoms with E-state index in [0.717, 1.165) is 22.6 Å². The van der Waals surface area contributed by atoms with Crippen LogP contribution in [-0.2, 0) is 6.54 Å². The van der Waals surface area contributed by atoms with Crippen molar-refractivity contribution in [2.45, 2.75) is 6.54 Å². The number of nitrogens with two attached hydrogens (primary N) is 1. The van der Waals surface area contributed by atoms with Crippen molar-refractivity contribution < 1.29 is 4.92 Å². The van der Waals surface area contributed by atoms with Crippen LogP contribution >= 0.6 is 0 Å². The van der Waals surface area contributed by atoms with Crippen molar-refractivity contribution in [3.8, 4) is 11.3 Å². The molecule has 2 aromatic heterocycles. The summed E-state index contributed by atoms with van der Waals surface area (Å²) < 4.78 is 1.93. The van der Waals surface area contributed by atoms with Gasteiger partial charge in [0.25, 0.3) is 5.69 Å². The molecule has 2 N–H and O–H groups in total. The molecule has 0 radical (unpaired) electrons. The third-order valence-electron chi connectivity index (χ3n) is 3.17. The molecule has 0 fully saturated rings. The van der Waals surface area contributed by atoms with Crippen molar-refractivity contribution in [1.82, 2.24) is 9.38 Å². The monoisotopic (exact) mass is 268 g/mol. The normalized spacial score (nSPS) is 10.8. The summed E-state index contributed by atoms with van der Waals surface area (Å²) in [6.07, 6.45) is 1.90. The number of non-ortho nitro benzene ring substituents is 1. The van der Waals surface area contributed by atoms with Crippen LogP contribution in [0.2, 0.25) is 0 Å². The second-order valence-electron chi connectivity index (χ2n) is 4.34. The van der Waals surface area contributed by atoms with E-state index in [1.165, 1.54) is 12.1 Å². The van der Waals surface area contributed by atoms with Crippen LogP contribution < -0.4 is 5.73 Å². The minimum atomic E-state index is -0.419. The van der Waals surface area contributed by atoms with Gasteiger partial charge >= 0.3 is 0 Å². The molecule has 0 atom stereocenters. The summed E-state index contributed by atoms with van der Waals surface area (Å²) in [6.45, 7) is 0.345. The number of hydrogen-bond donors (Lipinski definition) is 1. The Kier molecular flexibility index (Phi) is 2.92. The van der Waals surface area contributed by atoms with Gasteiger partial charge in [0.15, 0.2) is 0 Å². The lowest BCUT2D eigenvalue weighted by molar-refractivity contribution is -0.384. The zero-order valence-corrected chi connectivity index (χ0v) is 10.6. The molecule has 1 aromatic carbocycles. The van der Waals surface area contributed by atoms with E-state index in [4.69, 9.17) is 5.73 Å². The van der Waals surface area contributed by atoms with Gasteiger partial charge in [-0.2, -0.15) is 0 Å². The van der Waals surface area contributed by atoms with E-state index >= 15 is 0 Å². The van der Waals surface area contributed by atoms with Gasteiger partial charge in [-0.1, -0.05) is 6.07 Å². The Hall–Kier alpha value is -2.73. The van der Waals surface area contributed by atoms with Crippen LogP contribution in [0.15, 0.2) is 48.7 Å².